The number of hydrogen-bond donors (Lipinski definition) is 0. The Balaban J connectivity index is 1.53. The van der Waals surface area contributed by atoms with E-state index in [9.17, 15) is 14.4 Å². The van der Waals surface area contributed by atoms with Gasteiger partial charge < -0.3 is 14.4 Å². The lowest BCUT2D eigenvalue weighted by atomic mass is 10.3. The number of nitrogens with zero attached hydrogens (tertiary/aromatic N) is 8. The summed E-state index contributed by atoms with van der Waals surface area (Å²) < 4.78 is 3.81. The summed E-state index contributed by atoms with van der Waals surface area (Å²) >= 11 is 0. The Bertz CT molecular complexity index is 1140. The first-order valence-electron chi connectivity index (χ1n) is 8.88. The van der Waals surface area contributed by atoms with Gasteiger partial charge in [-0.1, -0.05) is 0 Å². The van der Waals surface area contributed by atoms with Crippen LogP contribution in [-0.2, 0) is 25.4 Å². The molecule has 1 aliphatic heterocycles. The van der Waals surface area contributed by atoms with E-state index in [4.69, 9.17) is 0 Å². The average molecular weight is 384 g/mol. The number of aromatic nitrogens is 6. The summed E-state index contributed by atoms with van der Waals surface area (Å²) in [7, 11) is 3.22. The second-order valence-corrected chi connectivity index (χ2v) is 6.68. The molecule has 1 aliphatic rings. The van der Waals surface area contributed by atoms with E-state index in [1.807, 2.05) is 4.90 Å². The minimum atomic E-state index is -0.555. The zero-order valence-electron chi connectivity index (χ0n) is 15.6. The Morgan fingerprint density at radius 1 is 1.04 bits per heavy atom. The maximum atomic E-state index is 12.7. The number of hydrogen-bond acceptors (Lipinski definition) is 7. The molecular weight excluding hydrogens is 364 g/mol. The summed E-state index contributed by atoms with van der Waals surface area (Å²) in [5, 5.41) is 0. The number of amides is 1. The molecule has 0 bridgehead atoms. The second-order valence-electron chi connectivity index (χ2n) is 6.68. The first-order chi connectivity index (χ1) is 13.5. The summed E-state index contributed by atoms with van der Waals surface area (Å²) in [6.07, 6.45) is 4.83. The third-order valence-electron chi connectivity index (χ3n) is 4.96. The molecule has 3 aromatic heterocycles. The smallest absolute Gasteiger partial charge is 0.332 e. The number of fused-ring (bicyclic) bond motifs is 1. The van der Waals surface area contributed by atoms with Gasteiger partial charge >= 0.3 is 5.69 Å². The largest absolute Gasteiger partial charge is 0.338 e. The molecule has 11 heteroatoms. The highest BCUT2D eigenvalue weighted by molar-refractivity contribution is 5.77. The van der Waals surface area contributed by atoms with Gasteiger partial charge in [-0.15, -0.1) is 0 Å². The molecule has 146 valence electrons. The summed E-state index contributed by atoms with van der Waals surface area (Å²) in [5.41, 5.74) is -0.470. The van der Waals surface area contributed by atoms with Crippen LogP contribution >= 0.6 is 0 Å². The molecule has 0 atom stereocenters. The number of rotatable bonds is 3. The number of imidazole rings is 1. The van der Waals surface area contributed by atoms with Gasteiger partial charge in [0.25, 0.3) is 5.56 Å². The third kappa shape index (κ3) is 2.94. The van der Waals surface area contributed by atoms with E-state index in [0.29, 0.717) is 43.3 Å². The molecule has 0 saturated carbocycles. The maximum absolute atomic E-state index is 12.7. The van der Waals surface area contributed by atoms with E-state index < -0.39 is 11.2 Å². The summed E-state index contributed by atoms with van der Waals surface area (Å²) in [6.45, 7) is 1.82. The SMILES string of the molecule is Cn1cnc2c1c(=O)n(CC(=O)N1CCN(c3ncccn3)CC1)c(=O)n2C. The van der Waals surface area contributed by atoms with Crippen molar-refractivity contribution in [2.24, 2.45) is 14.1 Å². The van der Waals surface area contributed by atoms with E-state index in [0.717, 1.165) is 4.57 Å². The van der Waals surface area contributed by atoms with Crippen molar-refractivity contribution in [3.05, 3.63) is 45.6 Å². The number of carbonyl (C=O) groups excluding carboxylic acids is 1. The van der Waals surface area contributed by atoms with Crippen LogP contribution in [0.25, 0.3) is 11.2 Å². The Morgan fingerprint density at radius 2 is 1.71 bits per heavy atom. The molecule has 0 spiro atoms. The van der Waals surface area contributed by atoms with Crippen molar-refractivity contribution >= 4 is 23.0 Å². The van der Waals surface area contributed by atoms with E-state index in [1.54, 1.807) is 35.0 Å². The molecule has 0 N–H and O–H groups in total. The fourth-order valence-corrected chi connectivity index (χ4v) is 3.38. The quantitative estimate of drug-likeness (QED) is 0.544. The fraction of sp³-hybridized carbons (Fsp3) is 0.412. The minimum absolute atomic E-state index is 0.269. The lowest BCUT2D eigenvalue weighted by molar-refractivity contribution is -0.132. The van der Waals surface area contributed by atoms with Crippen LogP contribution in [0.15, 0.2) is 34.4 Å². The van der Waals surface area contributed by atoms with Crippen molar-refractivity contribution in [1.29, 1.82) is 0 Å². The van der Waals surface area contributed by atoms with Gasteiger partial charge in [0, 0.05) is 52.7 Å². The number of aryl methyl sites for hydroxylation is 2. The lowest BCUT2D eigenvalue weighted by Gasteiger charge is -2.34. The standard InChI is InChI=1S/C17H20N8O3/c1-21-11-20-14-13(21)15(27)25(17(28)22(14)2)10-12(26)23-6-8-24(9-7-23)16-18-4-3-5-19-16/h3-5,11H,6-10H2,1-2H3. The zero-order valence-corrected chi connectivity index (χ0v) is 15.6. The molecule has 1 amide bonds. The molecule has 0 aliphatic carbocycles. The molecule has 1 fully saturated rings. The van der Waals surface area contributed by atoms with Crippen LogP contribution in [0.4, 0.5) is 5.95 Å². The van der Waals surface area contributed by atoms with E-state index in [2.05, 4.69) is 15.0 Å². The molecule has 0 unspecified atom stereocenters. The molecule has 4 heterocycles. The van der Waals surface area contributed by atoms with Crippen LogP contribution in [0.2, 0.25) is 0 Å². The normalized spacial score (nSPS) is 14.6. The van der Waals surface area contributed by atoms with Gasteiger partial charge in [0.15, 0.2) is 11.2 Å². The highest BCUT2D eigenvalue weighted by atomic mass is 16.2. The van der Waals surface area contributed by atoms with E-state index in [1.165, 1.54) is 17.9 Å². The van der Waals surface area contributed by atoms with Crippen LogP contribution in [0.5, 0.6) is 0 Å². The maximum Gasteiger partial charge on any atom is 0.332 e. The fourth-order valence-electron chi connectivity index (χ4n) is 3.38. The molecule has 1 saturated heterocycles. The lowest BCUT2D eigenvalue weighted by Crippen LogP contribution is -2.51. The van der Waals surface area contributed by atoms with Crippen LogP contribution in [0, 0.1) is 0 Å². The highest BCUT2D eigenvalue weighted by Crippen LogP contribution is 2.10. The Hall–Kier alpha value is -3.50. The van der Waals surface area contributed by atoms with Crippen molar-refractivity contribution in [3.8, 4) is 0 Å². The van der Waals surface area contributed by atoms with Crippen molar-refractivity contribution in [1.82, 2.24) is 33.6 Å². The molecule has 28 heavy (non-hydrogen) atoms. The van der Waals surface area contributed by atoms with Crippen LogP contribution in [-0.4, -0.2) is 65.6 Å². The Morgan fingerprint density at radius 3 is 2.39 bits per heavy atom. The molecule has 11 nitrogen and oxygen atoms in total. The van der Waals surface area contributed by atoms with Crippen LogP contribution in [0.3, 0.4) is 0 Å². The average Bonchev–Trinajstić information content (AvgIpc) is 3.12. The molecule has 0 aromatic carbocycles. The molecule has 3 aromatic rings. The van der Waals surface area contributed by atoms with Crippen molar-refractivity contribution in [2.75, 3.05) is 31.1 Å². The first-order valence-corrected chi connectivity index (χ1v) is 8.88. The third-order valence-corrected chi connectivity index (χ3v) is 4.96. The van der Waals surface area contributed by atoms with Gasteiger partial charge in [-0.3, -0.25) is 14.2 Å². The summed E-state index contributed by atoms with van der Waals surface area (Å²) in [4.78, 5) is 54.2. The van der Waals surface area contributed by atoms with Gasteiger partial charge in [0.2, 0.25) is 11.9 Å². The highest BCUT2D eigenvalue weighted by Gasteiger charge is 2.24. The number of piperazine rings is 1. The second kappa shape index (κ2) is 6.91. The monoisotopic (exact) mass is 384 g/mol. The number of carbonyl (C=O) groups is 1. The summed E-state index contributed by atoms with van der Waals surface area (Å²) in [6, 6.07) is 1.75. The topological polar surface area (TPSA) is 111 Å². The summed E-state index contributed by atoms with van der Waals surface area (Å²) in [5.74, 6) is 0.357. The Kier molecular flexibility index (Phi) is 4.41. The molecule has 0 radical (unpaired) electrons. The van der Waals surface area contributed by atoms with Crippen molar-refractivity contribution in [2.45, 2.75) is 6.54 Å². The van der Waals surface area contributed by atoms with E-state index in [-0.39, 0.29) is 12.5 Å². The van der Waals surface area contributed by atoms with Crippen LogP contribution in [0.1, 0.15) is 0 Å². The van der Waals surface area contributed by atoms with Gasteiger partial charge in [-0.25, -0.2) is 24.3 Å². The predicted molar refractivity (Wildman–Crippen MR) is 101 cm³/mol. The van der Waals surface area contributed by atoms with E-state index >= 15 is 0 Å². The minimum Gasteiger partial charge on any atom is -0.338 e. The zero-order chi connectivity index (χ0) is 19.8. The van der Waals surface area contributed by atoms with Gasteiger partial charge in [-0.05, 0) is 6.07 Å². The van der Waals surface area contributed by atoms with Gasteiger partial charge in [-0.2, -0.15) is 0 Å². The first kappa shape index (κ1) is 17.9. The van der Waals surface area contributed by atoms with Gasteiger partial charge in [0.1, 0.15) is 6.54 Å². The predicted octanol–water partition coefficient (Wildman–Crippen LogP) is -1.43. The van der Waals surface area contributed by atoms with Gasteiger partial charge in [0.05, 0.1) is 6.33 Å². The number of anilines is 1. The van der Waals surface area contributed by atoms with Crippen molar-refractivity contribution in [3.63, 3.8) is 0 Å². The molecule has 4 rings (SSSR count). The molecular formula is C17H20N8O3. The van der Waals surface area contributed by atoms with Crippen molar-refractivity contribution < 1.29 is 4.79 Å². The van der Waals surface area contributed by atoms with Crippen LogP contribution < -0.4 is 16.1 Å². The Labute approximate surface area is 159 Å².